The molecule has 1 aliphatic rings. The van der Waals surface area contributed by atoms with Gasteiger partial charge >= 0.3 is 5.97 Å². The molecule has 0 aromatic heterocycles. The summed E-state index contributed by atoms with van der Waals surface area (Å²) in [7, 11) is 0. The lowest BCUT2D eigenvalue weighted by Gasteiger charge is -2.37. The number of likely N-dealkylation sites (tertiary alicyclic amines) is 1. The van der Waals surface area contributed by atoms with E-state index in [1.165, 1.54) is 0 Å². The first-order chi connectivity index (χ1) is 14.0. The maximum Gasteiger partial charge on any atom is 0.310 e. The number of ether oxygens (including phenoxy) is 1. The molecule has 3 rings (SSSR count). The topological polar surface area (TPSA) is 58.6 Å². The van der Waals surface area contributed by atoms with E-state index in [1.807, 2.05) is 69.3 Å². The fourth-order valence-corrected chi connectivity index (χ4v) is 3.93. The number of hydrogen-bond acceptors (Lipinski definition) is 4. The molecule has 0 saturated carbocycles. The third-order valence-corrected chi connectivity index (χ3v) is 5.45. The van der Waals surface area contributed by atoms with Crippen molar-refractivity contribution < 1.29 is 14.3 Å². The molecule has 0 bridgehead atoms. The smallest absolute Gasteiger partial charge is 0.310 e. The second-order valence-electron chi connectivity index (χ2n) is 7.71. The third kappa shape index (κ3) is 5.24. The van der Waals surface area contributed by atoms with Gasteiger partial charge in [-0.05, 0) is 62.9 Å². The quantitative estimate of drug-likeness (QED) is 0.744. The number of carbonyl (C=O) groups excluding carboxylic acids is 2. The Bertz CT molecular complexity index is 850. The van der Waals surface area contributed by atoms with Gasteiger partial charge < -0.3 is 10.1 Å². The van der Waals surface area contributed by atoms with Crippen molar-refractivity contribution in [2.75, 3.05) is 25.0 Å². The summed E-state index contributed by atoms with van der Waals surface area (Å²) in [6.07, 6.45) is 1.67. The molecule has 1 amide bonds. The van der Waals surface area contributed by atoms with Crippen LogP contribution >= 0.6 is 0 Å². The van der Waals surface area contributed by atoms with Gasteiger partial charge in [0, 0.05) is 12.2 Å². The maximum atomic E-state index is 13.4. The zero-order valence-corrected chi connectivity index (χ0v) is 17.5. The number of nitrogens with one attached hydrogen (secondary N) is 1. The van der Waals surface area contributed by atoms with E-state index in [4.69, 9.17) is 4.74 Å². The van der Waals surface area contributed by atoms with E-state index in [0.29, 0.717) is 13.2 Å². The van der Waals surface area contributed by atoms with Crippen molar-refractivity contribution >= 4 is 17.6 Å². The Morgan fingerprint density at radius 3 is 2.66 bits per heavy atom. The molecule has 2 aromatic rings. The SMILES string of the molecule is CCOC(=O)[C@H]1CCCN([C@H](C(=O)Nc2cc(C)ccc2C)c2ccccc2)C1. The van der Waals surface area contributed by atoms with Crippen LogP contribution in [-0.4, -0.2) is 36.5 Å². The number of nitrogens with zero attached hydrogens (tertiary/aromatic N) is 1. The molecule has 1 aliphatic heterocycles. The Morgan fingerprint density at radius 1 is 1.17 bits per heavy atom. The molecular formula is C24H30N2O3. The van der Waals surface area contributed by atoms with Crippen LogP contribution in [0.4, 0.5) is 5.69 Å². The van der Waals surface area contributed by atoms with E-state index in [-0.39, 0.29) is 17.8 Å². The van der Waals surface area contributed by atoms with E-state index in [9.17, 15) is 9.59 Å². The lowest BCUT2D eigenvalue weighted by atomic mass is 9.94. The molecule has 1 heterocycles. The van der Waals surface area contributed by atoms with Gasteiger partial charge in [0.05, 0.1) is 12.5 Å². The lowest BCUT2D eigenvalue weighted by Crippen LogP contribution is -2.45. The van der Waals surface area contributed by atoms with E-state index in [2.05, 4.69) is 10.2 Å². The van der Waals surface area contributed by atoms with Crippen molar-refractivity contribution in [3.05, 3.63) is 65.2 Å². The van der Waals surface area contributed by atoms with Crippen molar-refractivity contribution in [3.8, 4) is 0 Å². The summed E-state index contributed by atoms with van der Waals surface area (Å²) in [5.41, 5.74) is 3.89. The van der Waals surface area contributed by atoms with Crippen LogP contribution in [0.1, 0.15) is 42.5 Å². The van der Waals surface area contributed by atoms with Gasteiger partial charge in [0.15, 0.2) is 0 Å². The number of amides is 1. The summed E-state index contributed by atoms with van der Waals surface area (Å²) in [5.74, 6) is -0.434. The van der Waals surface area contributed by atoms with Crippen LogP contribution in [0.2, 0.25) is 0 Å². The van der Waals surface area contributed by atoms with Crippen LogP contribution in [0, 0.1) is 19.8 Å². The standard InChI is InChI=1S/C24H30N2O3/c1-4-29-24(28)20-11-8-14-26(16-20)22(19-9-6-5-7-10-19)23(27)25-21-15-17(2)12-13-18(21)3/h5-7,9-10,12-13,15,20,22H,4,8,11,14,16H2,1-3H3,(H,25,27)/t20-,22-/m0/s1. The summed E-state index contributed by atoms with van der Waals surface area (Å²) in [4.78, 5) is 27.8. The molecule has 0 spiro atoms. The summed E-state index contributed by atoms with van der Waals surface area (Å²) in [5, 5.41) is 3.12. The van der Waals surface area contributed by atoms with E-state index >= 15 is 0 Å². The Hall–Kier alpha value is -2.66. The summed E-state index contributed by atoms with van der Waals surface area (Å²) in [6.45, 7) is 7.50. The lowest BCUT2D eigenvalue weighted by molar-refractivity contribution is -0.151. The Labute approximate surface area is 173 Å². The zero-order chi connectivity index (χ0) is 20.8. The van der Waals surface area contributed by atoms with Gasteiger partial charge in [0.2, 0.25) is 5.91 Å². The van der Waals surface area contributed by atoms with Gasteiger partial charge in [0.25, 0.3) is 0 Å². The molecule has 0 aliphatic carbocycles. The summed E-state index contributed by atoms with van der Waals surface area (Å²) >= 11 is 0. The number of esters is 1. The number of hydrogen-bond donors (Lipinski definition) is 1. The first kappa shape index (κ1) is 21.1. The highest BCUT2D eigenvalue weighted by atomic mass is 16.5. The minimum Gasteiger partial charge on any atom is -0.466 e. The zero-order valence-electron chi connectivity index (χ0n) is 17.5. The van der Waals surface area contributed by atoms with E-state index in [0.717, 1.165) is 41.8 Å². The molecule has 5 heteroatoms. The normalized spacial score (nSPS) is 18.1. The van der Waals surface area contributed by atoms with Crippen molar-refractivity contribution in [1.29, 1.82) is 0 Å². The van der Waals surface area contributed by atoms with Crippen LogP contribution in [0.3, 0.4) is 0 Å². The number of benzene rings is 2. The third-order valence-electron chi connectivity index (χ3n) is 5.45. The minimum absolute atomic E-state index is 0.0746. The number of carbonyl (C=O) groups is 2. The van der Waals surface area contributed by atoms with Crippen molar-refractivity contribution in [2.24, 2.45) is 5.92 Å². The summed E-state index contributed by atoms with van der Waals surface area (Å²) < 4.78 is 5.23. The van der Waals surface area contributed by atoms with Crippen LogP contribution < -0.4 is 5.32 Å². The number of aryl methyl sites for hydroxylation is 2. The molecule has 29 heavy (non-hydrogen) atoms. The number of rotatable bonds is 6. The van der Waals surface area contributed by atoms with Gasteiger partial charge in [-0.3, -0.25) is 14.5 Å². The van der Waals surface area contributed by atoms with Crippen molar-refractivity contribution in [2.45, 2.75) is 39.7 Å². The average molecular weight is 395 g/mol. The molecule has 2 atom stereocenters. The Balaban J connectivity index is 1.86. The van der Waals surface area contributed by atoms with Crippen LogP contribution in [0.25, 0.3) is 0 Å². The van der Waals surface area contributed by atoms with E-state index < -0.39 is 6.04 Å². The van der Waals surface area contributed by atoms with E-state index in [1.54, 1.807) is 0 Å². The van der Waals surface area contributed by atoms with Crippen molar-refractivity contribution in [3.63, 3.8) is 0 Å². The van der Waals surface area contributed by atoms with Crippen LogP contribution in [0.5, 0.6) is 0 Å². The minimum atomic E-state index is -0.451. The predicted molar refractivity (Wildman–Crippen MR) is 115 cm³/mol. The average Bonchev–Trinajstić information content (AvgIpc) is 2.72. The molecule has 0 radical (unpaired) electrons. The van der Waals surface area contributed by atoms with Gasteiger partial charge in [0.1, 0.15) is 6.04 Å². The largest absolute Gasteiger partial charge is 0.466 e. The molecular weight excluding hydrogens is 364 g/mol. The van der Waals surface area contributed by atoms with Crippen LogP contribution in [-0.2, 0) is 14.3 Å². The number of piperidine rings is 1. The molecule has 154 valence electrons. The second-order valence-corrected chi connectivity index (χ2v) is 7.71. The Morgan fingerprint density at radius 2 is 1.93 bits per heavy atom. The number of anilines is 1. The molecule has 0 unspecified atom stereocenters. The van der Waals surface area contributed by atoms with Crippen LogP contribution in [0.15, 0.2) is 48.5 Å². The first-order valence-corrected chi connectivity index (χ1v) is 10.3. The first-order valence-electron chi connectivity index (χ1n) is 10.3. The molecule has 1 fully saturated rings. The summed E-state index contributed by atoms with van der Waals surface area (Å²) in [6, 6.07) is 15.4. The second kappa shape index (κ2) is 9.70. The molecule has 2 aromatic carbocycles. The van der Waals surface area contributed by atoms with Crippen molar-refractivity contribution in [1.82, 2.24) is 4.90 Å². The Kier molecular flexibility index (Phi) is 7.04. The molecule has 1 saturated heterocycles. The highest BCUT2D eigenvalue weighted by Gasteiger charge is 2.34. The molecule has 1 N–H and O–H groups in total. The molecule has 5 nitrogen and oxygen atoms in total. The van der Waals surface area contributed by atoms with Gasteiger partial charge in [-0.2, -0.15) is 0 Å². The highest BCUT2D eigenvalue weighted by Crippen LogP contribution is 2.29. The van der Waals surface area contributed by atoms with Gasteiger partial charge in [-0.25, -0.2) is 0 Å². The van der Waals surface area contributed by atoms with Gasteiger partial charge in [-0.15, -0.1) is 0 Å². The predicted octanol–water partition coefficient (Wildman–Crippen LogP) is 4.26. The fourth-order valence-electron chi connectivity index (χ4n) is 3.93. The monoisotopic (exact) mass is 394 g/mol. The fraction of sp³-hybridized carbons (Fsp3) is 0.417. The van der Waals surface area contributed by atoms with Gasteiger partial charge in [-0.1, -0.05) is 42.5 Å². The highest BCUT2D eigenvalue weighted by molar-refractivity contribution is 5.96. The maximum absolute atomic E-state index is 13.4.